The van der Waals surface area contributed by atoms with Crippen LogP contribution in [0, 0.1) is 0 Å². The molecule has 1 N–H and O–H groups in total. The summed E-state index contributed by atoms with van der Waals surface area (Å²) < 4.78 is 16.4. The molecule has 4 rings (SSSR count). The van der Waals surface area contributed by atoms with Crippen LogP contribution in [0.2, 0.25) is 0 Å². The topological polar surface area (TPSA) is 90.9 Å². The van der Waals surface area contributed by atoms with E-state index in [1.165, 1.54) is 28.3 Å². The summed E-state index contributed by atoms with van der Waals surface area (Å²) in [6, 6.07) is 25.8. The van der Waals surface area contributed by atoms with E-state index in [2.05, 4.69) is 29.6 Å². The van der Waals surface area contributed by atoms with Gasteiger partial charge in [0.2, 0.25) is 0 Å². The Balaban J connectivity index is 1.21. The smallest absolute Gasteiger partial charge is 0.407 e. The minimum Gasteiger partial charge on any atom is -0.457 e. The number of rotatable bonds is 12. The van der Waals surface area contributed by atoms with Gasteiger partial charge in [-0.05, 0) is 67.9 Å². The summed E-state index contributed by atoms with van der Waals surface area (Å²) in [4.78, 5) is 37.6. The molecule has 0 bridgehead atoms. The fourth-order valence-electron chi connectivity index (χ4n) is 4.98. The third-order valence-corrected chi connectivity index (χ3v) is 6.91. The van der Waals surface area contributed by atoms with Crippen molar-refractivity contribution in [2.75, 3.05) is 13.2 Å². The lowest BCUT2D eigenvalue weighted by atomic mass is 9.98. The van der Waals surface area contributed by atoms with Gasteiger partial charge >= 0.3 is 18.0 Å². The molecule has 0 heterocycles. The molecule has 1 aliphatic carbocycles. The maximum Gasteiger partial charge on any atom is 0.407 e. The second-order valence-electron chi connectivity index (χ2n) is 11.3. The predicted molar refractivity (Wildman–Crippen MR) is 162 cm³/mol. The molecule has 0 fully saturated rings. The summed E-state index contributed by atoms with van der Waals surface area (Å²) in [5.74, 6) is -1.10. The monoisotopic (exact) mass is 569 g/mol. The van der Waals surface area contributed by atoms with Crippen molar-refractivity contribution in [2.24, 2.45) is 0 Å². The Morgan fingerprint density at radius 3 is 2.05 bits per heavy atom. The first-order chi connectivity index (χ1) is 20.2. The molecular weight excluding hydrogens is 530 g/mol. The number of hydrogen-bond donors (Lipinski definition) is 1. The second-order valence-corrected chi connectivity index (χ2v) is 11.3. The van der Waals surface area contributed by atoms with Crippen molar-refractivity contribution in [3.05, 3.63) is 107 Å². The van der Waals surface area contributed by atoms with Gasteiger partial charge in [0.1, 0.15) is 18.8 Å². The number of carbonyl (C=O) groups is 3. The molecule has 220 valence electrons. The van der Waals surface area contributed by atoms with Gasteiger partial charge in [0.05, 0.1) is 0 Å². The van der Waals surface area contributed by atoms with E-state index in [0.717, 1.165) is 12.0 Å². The molecule has 1 aliphatic rings. The first kappa shape index (κ1) is 30.6. The van der Waals surface area contributed by atoms with E-state index >= 15 is 0 Å². The average Bonchev–Trinajstić information content (AvgIpc) is 3.29. The minimum atomic E-state index is -0.669. The Morgan fingerprint density at radius 1 is 0.786 bits per heavy atom. The molecule has 3 aromatic carbocycles. The lowest BCUT2D eigenvalue weighted by molar-refractivity contribution is -0.149. The number of carbonyl (C=O) groups excluding carboxylic acids is 3. The third-order valence-electron chi connectivity index (χ3n) is 6.91. The Morgan fingerprint density at radius 2 is 1.40 bits per heavy atom. The van der Waals surface area contributed by atoms with Crippen LogP contribution in [0.15, 0.2) is 90.5 Å². The van der Waals surface area contributed by atoms with Gasteiger partial charge in [-0.2, -0.15) is 0 Å². The van der Waals surface area contributed by atoms with Crippen LogP contribution < -0.4 is 5.32 Å². The Hall–Kier alpha value is -4.39. The van der Waals surface area contributed by atoms with Crippen molar-refractivity contribution in [1.82, 2.24) is 5.32 Å². The number of hydrogen-bond acceptors (Lipinski definition) is 6. The summed E-state index contributed by atoms with van der Waals surface area (Å²) >= 11 is 0. The van der Waals surface area contributed by atoms with Crippen LogP contribution in [0.25, 0.3) is 11.1 Å². The summed E-state index contributed by atoms with van der Waals surface area (Å²) in [6.07, 6.45) is 3.21. The lowest BCUT2D eigenvalue weighted by Crippen LogP contribution is -2.27. The molecule has 0 unspecified atom stereocenters. The van der Waals surface area contributed by atoms with Crippen molar-refractivity contribution in [2.45, 2.75) is 64.6 Å². The second kappa shape index (κ2) is 14.5. The van der Waals surface area contributed by atoms with E-state index in [9.17, 15) is 14.4 Å². The maximum atomic E-state index is 12.8. The van der Waals surface area contributed by atoms with E-state index in [4.69, 9.17) is 14.2 Å². The number of amides is 1. The number of fused-ring (bicyclic) bond motifs is 3. The highest BCUT2D eigenvalue weighted by molar-refractivity contribution is 5.96. The van der Waals surface area contributed by atoms with Gasteiger partial charge in [0, 0.05) is 24.1 Å². The molecule has 0 saturated heterocycles. The van der Waals surface area contributed by atoms with Crippen LogP contribution in [0.1, 0.15) is 69.1 Å². The first-order valence-corrected chi connectivity index (χ1v) is 14.4. The van der Waals surface area contributed by atoms with Gasteiger partial charge in [-0.25, -0.2) is 14.4 Å². The van der Waals surface area contributed by atoms with Crippen molar-refractivity contribution in [3.8, 4) is 11.1 Å². The number of alkyl carbamates (subject to hydrolysis) is 1. The van der Waals surface area contributed by atoms with Crippen molar-refractivity contribution < 1.29 is 28.6 Å². The molecule has 0 aromatic heterocycles. The number of nitrogens with one attached hydrogen (secondary N) is 1. The number of unbranched alkanes of at least 4 members (excludes halogenated alkanes) is 2. The molecule has 0 aliphatic heterocycles. The molecule has 0 spiro atoms. The molecule has 3 aromatic rings. The highest BCUT2D eigenvalue weighted by atomic mass is 16.6. The number of ether oxygens (including phenoxy) is 3. The number of esters is 2. The fraction of sp³-hybridized carbons (Fsp3) is 0.343. The van der Waals surface area contributed by atoms with E-state index < -0.39 is 23.6 Å². The van der Waals surface area contributed by atoms with Crippen LogP contribution in [0.5, 0.6) is 0 Å². The van der Waals surface area contributed by atoms with Crippen LogP contribution in [0.3, 0.4) is 0 Å². The first-order valence-electron chi connectivity index (χ1n) is 14.4. The quantitative estimate of drug-likeness (QED) is 0.108. The molecular formula is C35H39NO6. The van der Waals surface area contributed by atoms with E-state index in [1.54, 1.807) is 20.8 Å². The van der Waals surface area contributed by atoms with Gasteiger partial charge in [0.25, 0.3) is 0 Å². The van der Waals surface area contributed by atoms with Gasteiger partial charge in [-0.15, -0.1) is 0 Å². The lowest BCUT2D eigenvalue weighted by Gasteiger charge is -2.18. The molecule has 7 nitrogen and oxygen atoms in total. The average molecular weight is 570 g/mol. The predicted octanol–water partition coefficient (Wildman–Crippen LogP) is 7.10. The number of benzene rings is 3. The summed E-state index contributed by atoms with van der Waals surface area (Å²) in [6.45, 7) is 6.15. The van der Waals surface area contributed by atoms with Crippen molar-refractivity contribution >= 4 is 18.0 Å². The van der Waals surface area contributed by atoms with Crippen molar-refractivity contribution in [3.63, 3.8) is 0 Å². The van der Waals surface area contributed by atoms with E-state index in [0.29, 0.717) is 25.8 Å². The van der Waals surface area contributed by atoms with E-state index in [1.807, 2.05) is 54.6 Å². The highest BCUT2D eigenvalue weighted by Gasteiger charge is 2.29. The Labute approximate surface area is 247 Å². The Kier molecular flexibility index (Phi) is 10.5. The largest absolute Gasteiger partial charge is 0.457 e. The molecule has 7 heteroatoms. The molecule has 42 heavy (non-hydrogen) atoms. The Bertz CT molecular complexity index is 1360. The molecule has 1 amide bonds. The third kappa shape index (κ3) is 8.80. The van der Waals surface area contributed by atoms with Crippen LogP contribution in [0.4, 0.5) is 4.79 Å². The van der Waals surface area contributed by atoms with Gasteiger partial charge in [-0.3, -0.25) is 0 Å². The van der Waals surface area contributed by atoms with Gasteiger partial charge < -0.3 is 19.5 Å². The van der Waals surface area contributed by atoms with Gasteiger partial charge in [-0.1, -0.05) is 85.3 Å². The minimum absolute atomic E-state index is 0.0139. The molecule has 0 saturated carbocycles. The van der Waals surface area contributed by atoms with Crippen LogP contribution >= 0.6 is 0 Å². The zero-order chi connectivity index (χ0) is 30.0. The molecule has 0 atom stereocenters. The standard InChI is InChI=1S/C35H39NO6/c1-35(2,3)42-32(37)22-26(33(38)40-23-25-14-6-4-7-15-25)16-8-5-13-21-36-34(39)41-24-31-29-19-11-9-17-27(29)28-18-10-12-20-30(28)31/h4,6-7,9-12,14-15,17-20,22,31H,5,8,13,16,21,23-24H2,1-3H3,(H,36,39)/b26-22+. The normalized spacial score (nSPS) is 12.7. The SMILES string of the molecule is CC(C)(C)OC(=O)/C=C(\CCCCCNC(=O)OCC1c2ccccc2-c2ccccc21)C(=O)OCc1ccccc1. The maximum absolute atomic E-state index is 12.8. The van der Waals surface area contributed by atoms with E-state index in [-0.39, 0.29) is 24.7 Å². The van der Waals surface area contributed by atoms with Crippen LogP contribution in [-0.2, 0) is 30.4 Å². The zero-order valence-electron chi connectivity index (χ0n) is 24.6. The summed E-state index contributed by atoms with van der Waals surface area (Å²) in [7, 11) is 0. The van der Waals surface area contributed by atoms with Crippen LogP contribution in [-0.4, -0.2) is 36.8 Å². The zero-order valence-corrected chi connectivity index (χ0v) is 24.6. The fourth-order valence-corrected chi connectivity index (χ4v) is 4.98. The highest BCUT2D eigenvalue weighted by Crippen LogP contribution is 2.44. The molecule has 0 radical (unpaired) electrons. The summed E-state index contributed by atoms with van der Waals surface area (Å²) in [5.41, 5.74) is 5.18. The van der Waals surface area contributed by atoms with Crippen molar-refractivity contribution in [1.29, 1.82) is 0 Å². The van der Waals surface area contributed by atoms with Gasteiger partial charge in [0.15, 0.2) is 0 Å². The summed E-state index contributed by atoms with van der Waals surface area (Å²) in [5, 5.41) is 2.82.